The number of anilines is 4. The molecule has 1 aromatic heterocycles. The SMILES string of the molecule is CN(C)c1ccc(NC(=O)c2cc(Nc3ccccc3C#N)ccn2)cc1. The molecule has 0 atom stereocenters. The molecule has 0 unspecified atom stereocenters. The van der Waals surface area contributed by atoms with E-state index < -0.39 is 0 Å². The standard InChI is InChI=1S/C21H19N5O/c1-26(2)18-9-7-16(8-10-18)25-21(27)20-13-17(11-12-23-20)24-19-6-4-3-5-15(19)14-22/h3-13H,1-2H3,(H,23,24)(H,25,27). The molecule has 0 radical (unpaired) electrons. The van der Waals surface area contributed by atoms with Crippen LogP contribution in [0.2, 0.25) is 0 Å². The third-order valence-electron chi connectivity index (χ3n) is 3.96. The van der Waals surface area contributed by atoms with E-state index in [2.05, 4.69) is 21.7 Å². The molecule has 0 bridgehead atoms. The summed E-state index contributed by atoms with van der Waals surface area (Å²) >= 11 is 0. The zero-order chi connectivity index (χ0) is 19.2. The predicted molar refractivity (Wildman–Crippen MR) is 107 cm³/mol. The lowest BCUT2D eigenvalue weighted by molar-refractivity contribution is 0.102. The van der Waals surface area contributed by atoms with Gasteiger partial charge in [0, 0.05) is 37.4 Å². The van der Waals surface area contributed by atoms with Crippen LogP contribution < -0.4 is 15.5 Å². The molecule has 0 aliphatic carbocycles. The third kappa shape index (κ3) is 4.41. The summed E-state index contributed by atoms with van der Waals surface area (Å²) in [6.45, 7) is 0. The summed E-state index contributed by atoms with van der Waals surface area (Å²) in [5, 5.41) is 15.2. The highest BCUT2D eigenvalue weighted by Crippen LogP contribution is 2.21. The van der Waals surface area contributed by atoms with Gasteiger partial charge in [0.15, 0.2) is 0 Å². The number of amides is 1. The van der Waals surface area contributed by atoms with E-state index in [0.717, 1.165) is 5.69 Å². The fourth-order valence-electron chi connectivity index (χ4n) is 2.52. The predicted octanol–water partition coefficient (Wildman–Crippen LogP) is 4.02. The number of carbonyl (C=O) groups is 1. The summed E-state index contributed by atoms with van der Waals surface area (Å²) in [5.74, 6) is -0.301. The Balaban J connectivity index is 1.74. The minimum atomic E-state index is -0.301. The molecule has 3 aromatic rings. The van der Waals surface area contributed by atoms with Crippen LogP contribution >= 0.6 is 0 Å². The molecule has 0 aliphatic rings. The summed E-state index contributed by atoms with van der Waals surface area (Å²) in [6.07, 6.45) is 1.56. The molecule has 2 aromatic carbocycles. The van der Waals surface area contributed by atoms with Crippen LogP contribution in [0.15, 0.2) is 66.9 Å². The van der Waals surface area contributed by atoms with Gasteiger partial charge in [0.2, 0.25) is 0 Å². The molecule has 0 spiro atoms. The van der Waals surface area contributed by atoms with Crippen molar-refractivity contribution in [2.24, 2.45) is 0 Å². The van der Waals surface area contributed by atoms with Gasteiger partial charge in [0.25, 0.3) is 5.91 Å². The fourth-order valence-corrected chi connectivity index (χ4v) is 2.52. The summed E-state index contributed by atoms with van der Waals surface area (Å²) in [5.41, 5.74) is 3.92. The van der Waals surface area contributed by atoms with E-state index in [0.29, 0.717) is 22.6 Å². The lowest BCUT2D eigenvalue weighted by Crippen LogP contribution is -2.14. The van der Waals surface area contributed by atoms with E-state index in [1.165, 1.54) is 0 Å². The molecule has 6 heteroatoms. The number of benzene rings is 2. The number of para-hydroxylation sites is 1. The summed E-state index contributed by atoms with van der Waals surface area (Å²) in [6, 6.07) is 20.3. The van der Waals surface area contributed by atoms with E-state index in [1.807, 2.05) is 55.4 Å². The van der Waals surface area contributed by atoms with Gasteiger partial charge in [-0.15, -0.1) is 0 Å². The van der Waals surface area contributed by atoms with Gasteiger partial charge in [-0.25, -0.2) is 0 Å². The zero-order valence-corrected chi connectivity index (χ0v) is 15.1. The average molecular weight is 357 g/mol. The van der Waals surface area contributed by atoms with Crippen LogP contribution in [-0.4, -0.2) is 25.0 Å². The fraction of sp³-hybridized carbons (Fsp3) is 0.0952. The number of rotatable bonds is 5. The first-order valence-electron chi connectivity index (χ1n) is 8.38. The van der Waals surface area contributed by atoms with Gasteiger partial charge in [0.05, 0.1) is 11.3 Å². The molecule has 0 saturated heterocycles. The van der Waals surface area contributed by atoms with Gasteiger partial charge in [-0.05, 0) is 48.5 Å². The molecule has 134 valence electrons. The maximum Gasteiger partial charge on any atom is 0.274 e. The number of nitriles is 1. The van der Waals surface area contributed by atoms with E-state index in [9.17, 15) is 10.1 Å². The normalized spacial score (nSPS) is 9.96. The smallest absolute Gasteiger partial charge is 0.274 e. The minimum absolute atomic E-state index is 0.283. The van der Waals surface area contributed by atoms with Crippen LogP contribution in [0.25, 0.3) is 0 Å². The number of nitrogens with one attached hydrogen (secondary N) is 2. The topological polar surface area (TPSA) is 81.0 Å². The van der Waals surface area contributed by atoms with Crippen molar-refractivity contribution >= 4 is 28.7 Å². The Labute approximate surface area is 158 Å². The van der Waals surface area contributed by atoms with Gasteiger partial charge in [-0.2, -0.15) is 5.26 Å². The Hall–Kier alpha value is -3.85. The van der Waals surface area contributed by atoms with Gasteiger partial charge < -0.3 is 15.5 Å². The minimum Gasteiger partial charge on any atom is -0.378 e. The number of pyridine rings is 1. The van der Waals surface area contributed by atoms with Crippen LogP contribution in [0.4, 0.5) is 22.7 Å². The van der Waals surface area contributed by atoms with Gasteiger partial charge >= 0.3 is 0 Å². The van der Waals surface area contributed by atoms with Crippen molar-refractivity contribution in [3.05, 3.63) is 78.1 Å². The van der Waals surface area contributed by atoms with Crippen molar-refractivity contribution in [3.8, 4) is 6.07 Å². The van der Waals surface area contributed by atoms with Crippen molar-refractivity contribution in [2.45, 2.75) is 0 Å². The van der Waals surface area contributed by atoms with Crippen LogP contribution in [0, 0.1) is 11.3 Å². The third-order valence-corrected chi connectivity index (χ3v) is 3.96. The Morgan fingerprint density at radius 2 is 1.78 bits per heavy atom. The zero-order valence-electron chi connectivity index (χ0n) is 15.1. The molecular formula is C21H19N5O. The molecule has 27 heavy (non-hydrogen) atoms. The van der Waals surface area contributed by atoms with Crippen molar-refractivity contribution in [1.29, 1.82) is 5.26 Å². The Morgan fingerprint density at radius 3 is 2.48 bits per heavy atom. The number of hydrogen-bond donors (Lipinski definition) is 2. The maximum absolute atomic E-state index is 12.5. The summed E-state index contributed by atoms with van der Waals surface area (Å²) < 4.78 is 0. The largest absolute Gasteiger partial charge is 0.378 e. The highest BCUT2D eigenvalue weighted by Gasteiger charge is 2.10. The molecular weight excluding hydrogens is 338 g/mol. The lowest BCUT2D eigenvalue weighted by atomic mass is 10.2. The van der Waals surface area contributed by atoms with E-state index in [4.69, 9.17) is 0 Å². The average Bonchev–Trinajstić information content (AvgIpc) is 2.69. The molecule has 0 aliphatic heterocycles. The molecule has 1 heterocycles. The quantitative estimate of drug-likeness (QED) is 0.721. The van der Waals surface area contributed by atoms with Crippen molar-refractivity contribution < 1.29 is 4.79 Å². The van der Waals surface area contributed by atoms with Crippen LogP contribution in [0.1, 0.15) is 16.1 Å². The second-order valence-electron chi connectivity index (χ2n) is 6.11. The van der Waals surface area contributed by atoms with E-state index in [-0.39, 0.29) is 11.6 Å². The number of carbonyl (C=O) groups excluding carboxylic acids is 1. The van der Waals surface area contributed by atoms with Gasteiger partial charge in [-0.3, -0.25) is 9.78 Å². The Bertz CT molecular complexity index is 990. The van der Waals surface area contributed by atoms with Crippen molar-refractivity contribution in [3.63, 3.8) is 0 Å². The van der Waals surface area contributed by atoms with Crippen LogP contribution in [0.5, 0.6) is 0 Å². The highest BCUT2D eigenvalue weighted by molar-refractivity contribution is 6.03. The van der Waals surface area contributed by atoms with Crippen molar-refractivity contribution in [1.82, 2.24) is 4.98 Å². The Kier molecular flexibility index (Phi) is 5.33. The van der Waals surface area contributed by atoms with Gasteiger partial charge in [-0.1, -0.05) is 12.1 Å². The first-order chi connectivity index (χ1) is 13.1. The second-order valence-corrected chi connectivity index (χ2v) is 6.11. The second kappa shape index (κ2) is 8.02. The van der Waals surface area contributed by atoms with E-state index >= 15 is 0 Å². The molecule has 1 amide bonds. The van der Waals surface area contributed by atoms with E-state index in [1.54, 1.807) is 30.5 Å². The monoisotopic (exact) mass is 357 g/mol. The maximum atomic E-state index is 12.5. The molecule has 2 N–H and O–H groups in total. The molecule has 0 saturated carbocycles. The summed E-state index contributed by atoms with van der Waals surface area (Å²) in [7, 11) is 3.92. The number of aromatic nitrogens is 1. The van der Waals surface area contributed by atoms with Crippen LogP contribution in [0.3, 0.4) is 0 Å². The number of hydrogen-bond acceptors (Lipinski definition) is 5. The highest BCUT2D eigenvalue weighted by atomic mass is 16.1. The van der Waals surface area contributed by atoms with Crippen molar-refractivity contribution in [2.75, 3.05) is 29.6 Å². The summed E-state index contributed by atoms with van der Waals surface area (Å²) in [4.78, 5) is 18.6. The first kappa shape index (κ1) is 18.0. The first-order valence-corrected chi connectivity index (χ1v) is 8.38. The van der Waals surface area contributed by atoms with Crippen LogP contribution in [-0.2, 0) is 0 Å². The lowest BCUT2D eigenvalue weighted by Gasteiger charge is -2.13. The molecule has 3 rings (SSSR count). The van der Waals surface area contributed by atoms with Gasteiger partial charge in [0.1, 0.15) is 11.8 Å². The Morgan fingerprint density at radius 1 is 1.04 bits per heavy atom. The number of nitrogens with zero attached hydrogens (tertiary/aromatic N) is 3. The molecule has 0 fully saturated rings. The molecule has 6 nitrogen and oxygen atoms in total.